The molecule has 0 amide bonds. The summed E-state index contributed by atoms with van der Waals surface area (Å²) in [6.07, 6.45) is 8.68. The summed E-state index contributed by atoms with van der Waals surface area (Å²) in [4.78, 5) is 0. The normalized spacial score (nSPS) is 14.5. The number of aliphatic hydroxyl groups is 1. The van der Waals surface area contributed by atoms with Gasteiger partial charge in [0.05, 0.1) is 16.2 Å². The van der Waals surface area contributed by atoms with Gasteiger partial charge in [0, 0.05) is 5.25 Å². The van der Waals surface area contributed by atoms with E-state index in [1.165, 1.54) is 19.3 Å². The molecule has 0 fully saturated rings. The smallest absolute Gasteiger partial charge is 0.748 e. The van der Waals surface area contributed by atoms with Gasteiger partial charge in [-0.05, 0) is 25.7 Å². The number of hydrogen-bond donors (Lipinski definition) is 1. The Bertz CT molecular complexity index is 320. The monoisotopic (exact) mass is 330 g/mol. The van der Waals surface area contributed by atoms with Crippen LogP contribution in [0.2, 0.25) is 0 Å². The van der Waals surface area contributed by atoms with Crippen molar-refractivity contribution in [3.63, 3.8) is 0 Å². The molecule has 0 bridgehead atoms. The van der Waals surface area contributed by atoms with Crippen molar-refractivity contribution in [1.82, 2.24) is 0 Å². The Hall–Kier alpha value is 0.870. The van der Waals surface area contributed by atoms with Crippen molar-refractivity contribution < 1.29 is 47.6 Å². The minimum atomic E-state index is -4.23. The van der Waals surface area contributed by atoms with Crippen LogP contribution < -0.4 is 29.6 Å². The van der Waals surface area contributed by atoms with E-state index in [-0.39, 0.29) is 29.6 Å². The van der Waals surface area contributed by atoms with Crippen LogP contribution in [-0.4, -0.2) is 29.4 Å². The van der Waals surface area contributed by atoms with E-state index in [4.69, 9.17) is 0 Å². The van der Waals surface area contributed by atoms with E-state index in [1.807, 2.05) is 6.92 Å². The predicted molar refractivity (Wildman–Crippen MR) is 81.6 cm³/mol. The van der Waals surface area contributed by atoms with Gasteiger partial charge in [-0.1, -0.05) is 58.8 Å². The van der Waals surface area contributed by atoms with E-state index in [0.29, 0.717) is 25.7 Å². The molecule has 0 aliphatic heterocycles. The van der Waals surface area contributed by atoms with Crippen molar-refractivity contribution in [2.24, 2.45) is 0 Å². The Kier molecular flexibility index (Phi) is 16.6. The first kappa shape index (κ1) is 24.1. The first-order valence-corrected chi connectivity index (χ1v) is 9.51. The molecule has 1 N–H and O–H groups in total. The number of hydrogen-bond acceptors (Lipinski definition) is 4. The molecular weight excluding hydrogens is 299 g/mol. The van der Waals surface area contributed by atoms with E-state index in [9.17, 15) is 18.1 Å². The minimum absolute atomic E-state index is 0. The molecule has 0 aliphatic rings. The van der Waals surface area contributed by atoms with Gasteiger partial charge in [-0.2, -0.15) is 0 Å². The summed E-state index contributed by atoms with van der Waals surface area (Å²) in [5.41, 5.74) is 0. The van der Waals surface area contributed by atoms with Gasteiger partial charge in [0.2, 0.25) is 0 Å². The molecule has 4 nitrogen and oxygen atoms in total. The Labute approximate surface area is 153 Å². The second-order valence-electron chi connectivity index (χ2n) is 5.69. The van der Waals surface area contributed by atoms with Crippen LogP contribution in [-0.2, 0) is 10.1 Å². The molecule has 21 heavy (non-hydrogen) atoms. The first-order valence-electron chi connectivity index (χ1n) is 8.04. The molecule has 6 heteroatoms. The van der Waals surface area contributed by atoms with Gasteiger partial charge in [0.1, 0.15) is 0 Å². The van der Waals surface area contributed by atoms with Gasteiger partial charge < -0.3 is 9.66 Å². The number of rotatable bonds is 13. The van der Waals surface area contributed by atoms with Crippen LogP contribution in [0.4, 0.5) is 0 Å². The quantitative estimate of drug-likeness (QED) is 0.305. The zero-order valence-electron chi connectivity index (χ0n) is 14.0. The van der Waals surface area contributed by atoms with Crippen molar-refractivity contribution in [3.8, 4) is 0 Å². The van der Waals surface area contributed by atoms with Gasteiger partial charge in [0.15, 0.2) is 0 Å². The Morgan fingerprint density at radius 3 is 1.95 bits per heavy atom. The Balaban J connectivity index is 0. The molecular formula is C15H31NaO4S. The van der Waals surface area contributed by atoms with Crippen molar-refractivity contribution in [1.29, 1.82) is 0 Å². The molecule has 2 unspecified atom stereocenters. The molecule has 2 atom stereocenters. The SMILES string of the molecule is CCCCCCCCC(CCC(O)CCC)S(=O)(=O)[O-].[Na+]. The number of aliphatic hydroxyl groups excluding tert-OH is 1. The van der Waals surface area contributed by atoms with Crippen molar-refractivity contribution in [2.75, 3.05) is 0 Å². The summed E-state index contributed by atoms with van der Waals surface area (Å²) in [6, 6.07) is 0. The van der Waals surface area contributed by atoms with E-state index in [2.05, 4.69) is 6.92 Å². The third kappa shape index (κ3) is 14.2. The van der Waals surface area contributed by atoms with Gasteiger partial charge in [-0.3, -0.25) is 0 Å². The second-order valence-corrected chi connectivity index (χ2v) is 7.34. The van der Waals surface area contributed by atoms with E-state index in [0.717, 1.165) is 25.7 Å². The fourth-order valence-corrected chi connectivity index (χ4v) is 3.32. The standard InChI is InChI=1S/C15H32O4S.Na/c1-3-5-6-7-8-9-11-15(20(17,18)19)13-12-14(16)10-4-2;/h14-16H,3-13H2,1-2H3,(H,17,18,19);/q;+1/p-1. The van der Waals surface area contributed by atoms with Crippen molar-refractivity contribution in [2.45, 2.75) is 95.8 Å². The van der Waals surface area contributed by atoms with Crippen LogP contribution in [0.25, 0.3) is 0 Å². The van der Waals surface area contributed by atoms with Crippen LogP contribution in [0.3, 0.4) is 0 Å². The summed E-state index contributed by atoms with van der Waals surface area (Å²) in [7, 11) is -4.23. The maximum Gasteiger partial charge on any atom is 1.00 e. The average Bonchev–Trinajstić information content (AvgIpc) is 2.35. The maximum absolute atomic E-state index is 11.2. The third-order valence-corrected chi connectivity index (χ3v) is 5.02. The van der Waals surface area contributed by atoms with Crippen LogP contribution in [0.1, 0.15) is 84.5 Å². The topological polar surface area (TPSA) is 77.4 Å². The average molecular weight is 330 g/mol. The van der Waals surface area contributed by atoms with Crippen LogP contribution >= 0.6 is 0 Å². The van der Waals surface area contributed by atoms with E-state index in [1.54, 1.807) is 0 Å². The molecule has 0 aliphatic carbocycles. The fraction of sp³-hybridized carbons (Fsp3) is 1.00. The van der Waals surface area contributed by atoms with Crippen LogP contribution in [0.5, 0.6) is 0 Å². The molecule has 0 spiro atoms. The molecule has 0 heterocycles. The van der Waals surface area contributed by atoms with E-state index >= 15 is 0 Å². The van der Waals surface area contributed by atoms with Crippen LogP contribution in [0, 0.1) is 0 Å². The zero-order valence-corrected chi connectivity index (χ0v) is 16.8. The van der Waals surface area contributed by atoms with Crippen molar-refractivity contribution >= 4 is 10.1 Å². The van der Waals surface area contributed by atoms with E-state index < -0.39 is 21.5 Å². The fourth-order valence-electron chi connectivity index (χ4n) is 2.44. The van der Waals surface area contributed by atoms with Gasteiger partial charge >= 0.3 is 29.6 Å². The summed E-state index contributed by atoms with van der Waals surface area (Å²) in [5.74, 6) is 0. The first-order chi connectivity index (χ1) is 9.41. The summed E-state index contributed by atoms with van der Waals surface area (Å²) < 4.78 is 33.7. The summed E-state index contributed by atoms with van der Waals surface area (Å²) in [6.45, 7) is 4.13. The molecule has 0 saturated carbocycles. The van der Waals surface area contributed by atoms with Crippen molar-refractivity contribution in [3.05, 3.63) is 0 Å². The molecule has 122 valence electrons. The maximum atomic E-state index is 11.2. The van der Waals surface area contributed by atoms with Gasteiger partial charge in [-0.15, -0.1) is 0 Å². The molecule has 0 saturated heterocycles. The Morgan fingerprint density at radius 1 is 0.857 bits per heavy atom. The summed E-state index contributed by atoms with van der Waals surface area (Å²) in [5, 5.41) is 8.82. The molecule has 0 aromatic rings. The molecule has 0 aromatic carbocycles. The number of unbranched alkanes of at least 4 members (excludes halogenated alkanes) is 5. The Morgan fingerprint density at radius 2 is 1.43 bits per heavy atom. The third-order valence-electron chi connectivity index (χ3n) is 3.73. The zero-order chi connectivity index (χ0) is 15.4. The van der Waals surface area contributed by atoms with Gasteiger partial charge in [-0.25, -0.2) is 8.42 Å². The summed E-state index contributed by atoms with van der Waals surface area (Å²) >= 11 is 0. The molecule has 0 aromatic heterocycles. The molecule has 0 rings (SSSR count). The second kappa shape index (κ2) is 14.5. The minimum Gasteiger partial charge on any atom is -0.748 e. The molecule has 0 radical (unpaired) electrons. The van der Waals surface area contributed by atoms with Crippen LogP contribution in [0.15, 0.2) is 0 Å². The largest absolute Gasteiger partial charge is 1.00 e. The van der Waals surface area contributed by atoms with Gasteiger partial charge in [0.25, 0.3) is 0 Å². The predicted octanol–water partition coefficient (Wildman–Crippen LogP) is 0.596.